The number of carboxylic acid groups (broad SMARTS) is 1. The van der Waals surface area contributed by atoms with Crippen molar-refractivity contribution < 1.29 is 18.7 Å². The van der Waals surface area contributed by atoms with E-state index in [4.69, 9.17) is 0 Å². The summed E-state index contributed by atoms with van der Waals surface area (Å²) in [5, 5.41) is 9.26. The van der Waals surface area contributed by atoms with E-state index in [1.54, 1.807) is 4.90 Å². The fourth-order valence-electron chi connectivity index (χ4n) is 2.54. The van der Waals surface area contributed by atoms with E-state index in [9.17, 15) is 18.7 Å². The Morgan fingerprint density at radius 3 is 2.75 bits per heavy atom. The first-order valence-corrected chi connectivity index (χ1v) is 5.74. The third kappa shape index (κ3) is 3.14. The lowest BCUT2D eigenvalue weighted by Crippen LogP contribution is -2.49. The molecule has 0 saturated carbocycles. The number of hydrogen-bond acceptors (Lipinski definition) is 2. The number of likely N-dealkylation sites (tertiary alicyclic amines) is 1. The summed E-state index contributed by atoms with van der Waals surface area (Å²) in [6.45, 7) is 2.47. The first-order chi connectivity index (χ1) is 7.50. The molecule has 0 spiro atoms. The Morgan fingerprint density at radius 2 is 2.25 bits per heavy atom. The fourth-order valence-corrected chi connectivity index (χ4v) is 2.54. The van der Waals surface area contributed by atoms with Crippen LogP contribution in [0.5, 0.6) is 0 Å². The molecule has 0 aliphatic carbocycles. The van der Waals surface area contributed by atoms with Crippen molar-refractivity contribution >= 4 is 5.97 Å². The Kier molecular flexibility index (Phi) is 4.65. The van der Waals surface area contributed by atoms with Crippen molar-refractivity contribution in [3.63, 3.8) is 0 Å². The molecule has 1 aliphatic rings. The van der Waals surface area contributed by atoms with Crippen LogP contribution in [0.2, 0.25) is 0 Å². The topological polar surface area (TPSA) is 40.5 Å². The molecule has 1 fully saturated rings. The number of aliphatic carboxylic acids is 1. The lowest BCUT2D eigenvalue weighted by atomic mass is 9.76. The van der Waals surface area contributed by atoms with Crippen LogP contribution >= 0.6 is 0 Å². The highest BCUT2D eigenvalue weighted by atomic mass is 19.3. The molecule has 1 atom stereocenters. The minimum atomic E-state index is -2.38. The molecule has 0 aromatic carbocycles. The van der Waals surface area contributed by atoms with Gasteiger partial charge in [-0.05, 0) is 25.8 Å². The number of rotatable bonds is 5. The van der Waals surface area contributed by atoms with Crippen LogP contribution in [-0.2, 0) is 4.79 Å². The van der Waals surface area contributed by atoms with Gasteiger partial charge < -0.3 is 5.11 Å². The van der Waals surface area contributed by atoms with Crippen LogP contribution < -0.4 is 0 Å². The Balaban J connectivity index is 2.67. The van der Waals surface area contributed by atoms with Crippen LogP contribution in [0.3, 0.4) is 0 Å². The third-order valence-corrected chi connectivity index (χ3v) is 3.23. The van der Waals surface area contributed by atoms with Gasteiger partial charge in [0.15, 0.2) is 0 Å². The summed E-state index contributed by atoms with van der Waals surface area (Å²) < 4.78 is 24.5. The van der Waals surface area contributed by atoms with E-state index in [0.29, 0.717) is 25.8 Å². The van der Waals surface area contributed by atoms with E-state index < -0.39 is 17.8 Å². The highest BCUT2D eigenvalue weighted by Gasteiger charge is 2.41. The third-order valence-electron chi connectivity index (χ3n) is 3.23. The summed E-state index contributed by atoms with van der Waals surface area (Å²) in [5.41, 5.74) is -0.804. The molecule has 16 heavy (non-hydrogen) atoms. The summed E-state index contributed by atoms with van der Waals surface area (Å²) in [7, 11) is 0. The maximum atomic E-state index is 12.3. The zero-order valence-corrected chi connectivity index (χ0v) is 9.59. The van der Waals surface area contributed by atoms with E-state index in [1.807, 2.05) is 6.92 Å². The van der Waals surface area contributed by atoms with Crippen molar-refractivity contribution in [2.24, 2.45) is 5.41 Å². The van der Waals surface area contributed by atoms with Crippen molar-refractivity contribution in [3.8, 4) is 0 Å². The molecule has 1 heterocycles. The number of alkyl halides is 2. The maximum absolute atomic E-state index is 12.3. The predicted molar refractivity (Wildman–Crippen MR) is 56.7 cm³/mol. The first-order valence-electron chi connectivity index (χ1n) is 5.74. The van der Waals surface area contributed by atoms with Crippen LogP contribution in [-0.4, -0.2) is 42.0 Å². The first kappa shape index (κ1) is 13.4. The van der Waals surface area contributed by atoms with Gasteiger partial charge >= 0.3 is 5.97 Å². The normalized spacial score (nSPS) is 27.2. The lowest BCUT2D eigenvalue weighted by molar-refractivity contribution is -0.153. The zero-order valence-electron chi connectivity index (χ0n) is 9.59. The van der Waals surface area contributed by atoms with Gasteiger partial charge in [-0.2, -0.15) is 0 Å². The summed E-state index contributed by atoms with van der Waals surface area (Å²) in [6.07, 6.45) is 0.262. The Bertz CT molecular complexity index is 244. The van der Waals surface area contributed by atoms with Crippen LogP contribution in [0.1, 0.15) is 32.6 Å². The van der Waals surface area contributed by atoms with Crippen molar-refractivity contribution in [2.45, 2.75) is 39.0 Å². The molecule has 0 bridgehead atoms. The smallest absolute Gasteiger partial charge is 0.310 e. The van der Waals surface area contributed by atoms with Gasteiger partial charge in [0.05, 0.1) is 12.0 Å². The number of nitrogens with zero attached hydrogens (tertiary/aromatic N) is 1. The fraction of sp³-hybridized carbons (Fsp3) is 0.909. The molecule has 1 aliphatic heterocycles. The molecule has 1 rings (SSSR count). The van der Waals surface area contributed by atoms with Gasteiger partial charge in [-0.25, -0.2) is 8.78 Å². The van der Waals surface area contributed by atoms with Gasteiger partial charge in [-0.15, -0.1) is 0 Å². The molecule has 94 valence electrons. The van der Waals surface area contributed by atoms with Crippen molar-refractivity contribution in [2.75, 3.05) is 19.6 Å². The number of halogens is 2. The molecule has 0 radical (unpaired) electrons. The molecule has 0 aromatic rings. The Labute approximate surface area is 94.4 Å². The van der Waals surface area contributed by atoms with E-state index >= 15 is 0 Å². The largest absolute Gasteiger partial charge is 0.481 e. The lowest BCUT2D eigenvalue weighted by Gasteiger charge is -2.39. The second kappa shape index (κ2) is 5.57. The second-order valence-electron chi connectivity index (χ2n) is 4.57. The van der Waals surface area contributed by atoms with Crippen LogP contribution in [0, 0.1) is 5.41 Å². The monoisotopic (exact) mass is 235 g/mol. The number of carboxylic acids is 1. The molecular weight excluding hydrogens is 216 g/mol. The van der Waals surface area contributed by atoms with Crippen LogP contribution in [0.25, 0.3) is 0 Å². The van der Waals surface area contributed by atoms with E-state index in [1.165, 1.54) is 0 Å². The van der Waals surface area contributed by atoms with E-state index in [0.717, 1.165) is 6.42 Å². The van der Waals surface area contributed by atoms with Crippen LogP contribution in [0.4, 0.5) is 8.78 Å². The molecule has 1 saturated heterocycles. The molecule has 3 nitrogen and oxygen atoms in total. The summed E-state index contributed by atoms with van der Waals surface area (Å²) in [5.74, 6) is -0.840. The minimum absolute atomic E-state index is 0.264. The Hall–Kier alpha value is -0.710. The minimum Gasteiger partial charge on any atom is -0.481 e. The summed E-state index contributed by atoms with van der Waals surface area (Å²) >= 11 is 0. The van der Waals surface area contributed by atoms with Gasteiger partial charge in [0.2, 0.25) is 0 Å². The van der Waals surface area contributed by atoms with E-state index in [2.05, 4.69) is 0 Å². The molecule has 5 heteroatoms. The highest BCUT2D eigenvalue weighted by molar-refractivity contribution is 5.75. The zero-order chi connectivity index (χ0) is 12.2. The number of piperidine rings is 1. The molecule has 1 N–H and O–H groups in total. The van der Waals surface area contributed by atoms with Crippen molar-refractivity contribution in [1.82, 2.24) is 4.90 Å². The van der Waals surface area contributed by atoms with Gasteiger partial charge in [-0.1, -0.05) is 13.3 Å². The van der Waals surface area contributed by atoms with Gasteiger partial charge in [0.25, 0.3) is 6.43 Å². The molecule has 1 unspecified atom stereocenters. The van der Waals surface area contributed by atoms with Crippen LogP contribution in [0.15, 0.2) is 0 Å². The highest BCUT2D eigenvalue weighted by Crippen LogP contribution is 2.35. The quantitative estimate of drug-likeness (QED) is 0.794. The SMILES string of the molecule is CCCC1(C(=O)O)CCCN(CC(F)F)C1. The van der Waals surface area contributed by atoms with Gasteiger partial charge in [0.1, 0.15) is 0 Å². The average Bonchev–Trinajstić information content (AvgIpc) is 2.17. The van der Waals surface area contributed by atoms with Crippen molar-refractivity contribution in [1.29, 1.82) is 0 Å². The summed E-state index contributed by atoms with van der Waals surface area (Å²) in [4.78, 5) is 12.9. The van der Waals surface area contributed by atoms with Gasteiger partial charge in [0, 0.05) is 6.54 Å². The second-order valence-corrected chi connectivity index (χ2v) is 4.57. The molecular formula is C11H19F2NO2. The van der Waals surface area contributed by atoms with Crippen molar-refractivity contribution in [3.05, 3.63) is 0 Å². The number of carbonyl (C=O) groups is 1. The predicted octanol–water partition coefficient (Wildman–Crippen LogP) is 2.22. The van der Waals surface area contributed by atoms with Gasteiger partial charge in [-0.3, -0.25) is 9.69 Å². The number of hydrogen-bond donors (Lipinski definition) is 1. The van der Waals surface area contributed by atoms with E-state index in [-0.39, 0.29) is 13.1 Å². The maximum Gasteiger partial charge on any atom is 0.310 e. The Morgan fingerprint density at radius 1 is 1.56 bits per heavy atom. The standard InChI is InChI=1S/C11H19F2NO2/c1-2-4-11(10(15)16)5-3-6-14(8-11)7-9(12)13/h9H,2-8H2,1H3,(H,15,16). The molecule has 0 aromatic heterocycles. The molecule has 0 amide bonds. The average molecular weight is 235 g/mol. The summed E-state index contributed by atoms with van der Waals surface area (Å²) in [6, 6.07) is 0.